The minimum absolute atomic E-state index is 0.280. The van der Waals surface area contributed by atoms with Gasteiger partial charge in [-0.2, -0.15) is 5.10 Å². The minimum atomic E-state index is 0.280. The van der Waals surface area contributed by atoms with Gasteiger partial charge in [0, 0.05) is 12.5 Å². The quantitative estimate of drug-likeness (QED) is 0.883. The molecule has 1 atom stereocenters. The first-order chi connectivity index (χ1) is 8.52. The van der Waals surface area contributed by atoms with Crippen molar-refractivity contribution in [1.82, 2.24) is 10.2 Å². The second-order valence-corrected chi connectivity index (χ2v) is 6.38. The monoisotopic (exact) mass is 247 g/mol. The van der Waals surface area contributed by atoms with Crippen LogP contribution in [-0.2, 0) is 6.42 Å². The van der Waals surface area contributed by atoms with Gasteiger partial charge in [-0.3, -0.25) is 0 Å². The van der Waals surface area contributed by atoms with Crippen molar-refractivity contribution in [1.29, 1.82) is 0 Å². The summed E-state index contributed by atoms with van der Waals surface area (Å²) in [6.07, 6.45) is 4.78. The molecule has 1 unspecified atom stereocenters. The molecule has 1 aromatic heterocycles. The van der Waals surface area contributed by atoms with E-state index in [1.807, 2.05) is 0 Å². The second kappa shape index (κ2) is 5.25. The number of aryl methyl sites for hydroxylation is 1. The molecule has 0 saturated carbocycles. The Morgan fingerprint density at radius 3 is 2.78 bits per heavy atom. The number of rotatable bonds is 3. The highest BCUT2D eigenvalue weighted by molar-refractivity contribution is 5.40. The summed E-state index contributed by atoms with van der Waals surface area (Å²) < 4.78 is 0. The standard InChI is InChI=1S/C15H25N3/c1-5-9-16-13-10-11-7-6-8-12(15(2,3)4)14(11)18-17-13/h10,12H,5-9H2,1-4H3,(H,16,17). The Balaban J connectivity index is 2.25. The smallest absolute Gasteiger partial charge is 0.148 e. The molecule has 0 aliphatic heterocycles. The predicted octanol–water partition coefficient (Wildman–Crippen LogP) is 3.76. The summed E-state index contributed by atoms with van der Waals surface area (Å²) in [5.74, 6) is 1.49. The van der Waals surface area contributed by atoms with Crippen LogP contribution in [0.15, 0.2) is 6.07 Å². The molecule has 0 saturated heterocycles. The molecule has 1 aliphatic carbocycles. The van der Waals surface area contributed by atoms with E-state index in [1.165, 1.54) is 24.1 Å². The Morgan fingerprint density at radius 2 is 2.11 bits per heavy atom. The van der Waals surface area contributed by atoms with Crippen molar-refractivity contribution in [3.05, 3.63) is 17.3 Å². The lowest BCUT2D eigenvalue weighted by Crippen LogP contribution is -2.25. The normalized spacial score (nSPS) is 19.4. The molecule has 1 heterocycles. The van der Waals surface area contributed by atoms with E-state index >= 15 is 0 Å². The van der Waals surface area contributed by atoms with Crippen molar-refractivity contribution in [3.8, 4) is 0 Å². The van der Waals surface area contributed by atoms with E-state index in [4.69, 9.17) is 0 Å². The van der Waals surface area contributed by atoms with E-state index in [0.29, 0.717) is 5.92 Å². The van der Waals surface area contributed by atoms with E-state index in [1.54, 1.807) is 0 Å². The summed E-state index contributed by atoms with van der Waals surface area (Å²) in [6, 6.07) is 2.20. The number of nitrogens with zero attached hydrogens (tertiary/aromatic N) is 2. The van der Waals surface area contributed by atoms with Gasteiger partial charge >= 0.3 is 0 Å². The minimum Gasteiger partial charge on any atom is -0.369 e. The maximum absolute atomic E-state index is 4.51. The number of fused-ring (bicyclic) bond motifs is 1. The third-order valence-corrected chi connectivity index (χ3v) is 3.78. The molecule has 0 spiro atoms. The molecular weight excluding hydrogens is 222 g/mol. The average molecular weight is 247 g/mol. The van der Waals surface area contributed by atoms with Gasteiger partial charge in [-0.05, 0) is 42.7 Å². The van der Waals surface area contributed by atoms with Gasteiger partial charge in [0.25, 0.3) is 0 Å². The van der Waals surface area contributed by atoms with Crippen LogP contribution in [-0.4, -0.2) is 16.7 Å². The summed E-state index contributed by atoms with van der Waals surface area (Å²) in [4.78, 5) is 0. The fourth-order valence-corrected chi connectivity index (χ4v) is 2.75. The van der Waals surface area contributed by atoms with E-state index in [0.717, 1.165) is 25.2 Å². The van der Waals surface area contributed by atoms with Crippen LogP contribution >= 0.6 is 0 Å². The van der Waals surface area contributed by atoms with Crippen LogP contribution in [0.25, 0.3) is 0 Å². The first-order valence-electron chi connectivity index (χ1n) is 7.12. The van der Waals surface area contributed by atoms with Crippen molar-refractivity contribution in [2.75, 3.05) is 11.9 Å². The zero-order valence-corrected chi connectivity index (χ0v) is 12.1. The molecule has 1 aliphatic rings. The Bertz CT molecular complexity index is 407. The fourth-order valence-electron chi connectivity index (χ4n) is 2.75. The van der Waals surface area contributed by atoms with Crippen LogP contribution in [0.3, 0.4) is 0 Å². The van der Waals surface area contributed by atoms with Crippen molar-refractivity contribution in [3.63, 3.8) is 0 Å². The molecule has 18 heavy (non-hydrogen) atoms. The lowest BCUT2D eigenvalue weighted by atomic mass is 9.72. The summed E-state index contributed by atoms with van der Waals surface area (Å²) in [6.45, 7) is 10.0. The van der Waals surface area contributed by atoms with Crippen molar-refractivity contribution < 1.29 is 0 Å². The Kier molecular flexibility index (Phi) is 3.88. The zero-order chi connectivity index (χ0) is 13.2. The van der Waals surface area contributed by atoms with E-state index < -0.39 is 0 Å². The molecule has 2 rings (SSSR count). The summed E-state index contributed by atoms with van der Waals surface area (Å²) in [5, 5.41) is 12.2. The van der Waals surface area contributed by atoms with Crippen LogP contribution in [0, 0.1) is 5.41 Å². The summed E-state index contributed by atoms with van der Waals surface area (Å²) in [5.41, 5.74) is 2.91. The molecule has 1 aromatic rings. The van der Waals surface area contributed by atoms with Gasteiger partial charge in [0.2, 0.25) is 0 Å². The second-order valence-electron chi connectivity index (χ2n) is 6.38. The third kappa shape index (κ3) is 2.82. The van der Waals surface area contributed by atoms with Crippen LogP contribution in [0.2, 0.25) is 0 Å². The molecular formula is C15H25N3. The SMILES string of the molecule is CCCNc1cc2c(nn1)C(C(C)(C)C)CCC2. The number of hydrogen-bond acceptors (Lipinski definition) is 3. The maximum Gasteiger partial charge on any atom is 0.148 e. The molecule has 0 fully saturated rings. The van der Waals surface area contributed by atoms with Gasteiger partial charge in [-0.25, -0.2) is 0 Å². The third-order valence-electron chi connectivity index (χ3n) is 3.78. The molecule has 0 amide bonds. The number of anilines is 1. The highest BCUT2D eigenvalue weighted by Crippen LogP contribution is 2.42. The van der Waals surface area contributed by atoms with E-state index in [-0.39, 0.29) is 5.41 Å². The maximum atomic E-state index is 4.51. The average Bonchev–Trinajstić information content (AvgIpc) is 2.34. The summed E-state index contributed by atoms with van der Waals surface area (Å²) >= 11 is 0. The Hall–Kier alpha value is -1.12. The number of hydrogen-bond donors (Lipinski definition) is 1. The van der Waals surface area contributed by atoms with Crippen molar-refractivity contribution in [2.45, 2.75) is 59.3 Å². The molecule has 1 N–H and O–H groups in total. The molecule has 0 aromatic carbocycles. The molecule has 0 bridgehead atoms. The molecule has 0 radical (unpaired) electrons. The van der Waals surface area contributed by atoms with Crippen LogP contribution in [0.1, 0.15) is 64.1 Å². The first-order valence-corrected chi connectivity index (χ1v) is 7.12. The first kappa shape index (κ1) is 13.3. The molecule has 3 nitrogen and oxygen atoms in total. The van der Waals surface area contributed by atoms with Crippen molar-refractivity contribution >= 4 is 5.82 Å². The lowest BCUT2D eigenvalue weighted by molar-refractivity contribution is 0.282. The van der Waals surface area contributed by atoms with Gasteiger partial charge in [0.1, 0.15) is 5.82 Å². The predicted molar refractivity (Wildman–Crippen MR) is 75.9 cm³/mol. The number of aromatic nitrogens is 2. The highest BCUT2D eigenvalue weighted by Gasteiger charge is 2.32. The Morgan fingerprint density at radius 1 is 1.33 bits per heavy atom. The zero-order valence-electron chi connectivity index (χ0n) is 12.1. The van der Waals surface area contributed by atoms with Crippen LogP contribution in [0.5, 0.6) is 0 Å². The molecule has 100 valence electrons. The Labute approximate surface area is 110 Å². The van der Waals surface area contributed by atoms with Crippen LogP contribution < -0.4 is 5.32 Å². The highest BCUT2D eigenvalue weighted by atomic mass is 15.2. The molecule has 3 heteroatoms. The van der Waals surface area contributed by atoms with E-state index in [2.05, 4.69) is 49.3 Å². The largest absolute Gasteiger partial charge is 0.369 e. The lowest BCUT2D eigenvalue weighted by Gasteiger charge is -2.34. The van der Waals surface area contributed by atoms with Gasteiger partial charge in [0.15, 0.2) is 0 Å². The number of nitrogens with one attached hydrogen (secondary N) is 1. The topological polar surface area (TPSA) is 37.8 Å². The van der Waals surface area contributed by atoms with E-state index in [9.17, 15) is 0 Å². The van der Waals surface area contributed by atoms with Crippen molar-refractivity contribution in [2.24, 2.45) is 5.41 Å². The van der Waals surface area contributed by atoms with Gasteiger partial charge in [-0.1, -0.05) is 27.7 Å². The van der Waals surface area contributed by atoms with Crippen LogP contribution in [0.4, 0.5) is 5.82 Å². The fraction of sp³-hybridized carbons (Fsp3) is 0.733. The summed E-state index contributed by atoms with van der Waals surface area (Å²) in [7, 11) is 0. The van der Waals surface area contributed by atoms with Gasteiger partial charge in [0.05, 0.1) is 5.69 Å². The van der Waals surface area contributed by atoms with Gasteiger partial charge in [-0.15, -0.1) is 5.10 Å². The van der Waals surface area contributed by atoms with Gasteiger partial charge < -0.3 is 5.32 Å².